The molecule has 0 spiro atoms. The molecule has 33 heavy (non-hydrogen) atoms. The molecule has 2 aromatic carbocycles. The molecule has 0 bridgehead atoms. The van der Waals surface area contributed by atoms with Gasteiger partial charge in [-0.25, -0.2) is 13.4 Å². The third-order valence-corrected chi connectivity index (χ3v) is 8.32. The van der Waals surface area contributed by atoms with Gasteiger partial charge in [0.05, 0.1) is 11.6 Å². The predicted molar refractivity (Wildman–Crippen MR) is 136 cm³/mol. The molecule has 0 amide bonds. The van der Waals surface area contributed by atoms with Crippen LogP contribution < -0.4 is 4.90 Å². The van der Waals surface area contributed by atoms with Crippen molar-refractivity contribution in [2.75, 3.05) is 31.1 Å². The van der Waals surface area contributed by atoms with E-state index >= 15 is 0 Å². The van der Waals surface area contributed by atoms with Gasteiger partial charge >= 0.3 is 0 Å². The summed E-state index contributed by atoms with van der Waals surface area (Å²) < 4.78 is 28.4. The minimum Gasteiger partial charge on any atom is -0.369 e. The molecule has 8 heteroatoms. The summed E-state index contributed by atoms with van der Waals surface area (Å²) in [6.45, 7) is 6.64. The summed E-state index contributed by atoms with van der Waals surface area (Å²) in [5.41, 5.74) is 4.37. The highest BCUT2D eigenvalue weighted by Crippen LogP contribution is 2.22. The van der Waals surface area contributed by atoms with Gasteiger partial charge in [-0.1, -0.05) is 35.9 Å². The molecule has 0 unspecified atom stereocenters. The van der Waals surface area contributed by atoms with E-state index in [9.17, 15) is 8.42 Å². The van der Waals surface area contributed by atoms with Gasteiger partial charge in [0.15, 0.2) is 0 Å². The monoisotopic (exact) mass is 484 g/mol. The van der Waals surface area contributed by atoms with Crippen molar-refractivity contribution in [2.24, 2.45) is 0 Å². The Balaban J connectivity index is 1.39. The third kappa shape index (κ3) is 5.85. The van der Waals surface area contributed by atoms with E-state index in [-0.39, 0.29) is 5.25 Å². The highest BCUT2D eigenvalue weighted by Gasteiger charge is 2.29. The van der Waals surface area contributed by atoms with Crippen molar-refractivity contribution in [1.82, 2.24) is 13.9 Å². The Hall–Kier alpha value is -2.61. The first-order valence-corrected chi connectivity index (χ1v) is 13.0. The number of nitrogens with zero attached hydrogens (tertiary/aromatic N) is 4. The van der Waals surface area contributed by atoms with Crippen molar-refractivity contribution in [3.8, 4) is 0 Å². The number of hydrogen-bond donors (Lipinski definition) is 0. The van der Waals surface area contributed by atoms with Crippen LogP contribution in [0.15, 0.2) is 61.2 Å². The molecule has 0 N–H and O–H groups in total. The molecule has 1 aliphatic heterocycles. The number of imidazole rings is 1. The Labute approximate surface area is 201 Å². The van der Waals surface area contributed by atoms with Crippen molar-refractivity contribution in [2.45, 2.75) is 25.6 Å². The van der Waals surface area contributed by atoms with Gasteiger partial charge in [0.2, 0.25) is 10.0 Å². The van der Waals surface area contributed by atoms with Gasteiger partial charge in [-0.3, -0.25) is 0 Å². The van der Waals surface area contributed by atoms with Crippen molar-refractivity contribution in [3.63, 3.8) is 0 Å². The van der Waals surface area contributed by atoms with Crippen molar-refractivity contribution < 1.29 is 8.42 Å². The van der Waals surface area contributed by atoms with Crippen LogP contribution in [-0.2, 0) is 16.6 Å². The lowest BCUT2D eigenvalue weighted by Gasteiger charge is -2.36. The van der Waals surface area contributed by atoms with Crippen LogP contribution in [0.5, 0.6) is 0 Å². The van der Waals surface area contributed by atoms with Crippen molar-refractivity contribution >= 4 is 39.5 Å². The summed E-state index contributed by atoms with van der Waals surface area (Å²) >= 11 is 6.33. The lowest BCUT2D eigenvalue weighted by molar-refractivity contribution is 0.381. The Morgan fingerprint density at radius 1 is 1.00 bits per heavy atom. The number of benzene rings is 2. The Kier molecular flexibility index (Phi) is 7.22. The lowest BCUT2D eigenvalue weighted by Crippen LogP contribution is -2.50. The topological polar surface area (TPSA) is 58.4 Å². The molecular weight excluding hydrogens is 456 g/mol. The smallest absolute Gasteiger partial charge is 0.216 e. The van der Waals surface area contributed by atoms with Crippen LogP contribution in [0.1, 0.15) is 30.5 Å². The minimum absolute atomic E-state index is 0.378. The zero-order chi connectivity index (χ0) is 23.4. The molecule has 1 aliphatic rings. The standard InChI is InChI=1S/C25H29ClN4O2S/c1-20(2)33(31,32)30-13-11-29(12-14-30)25-7-5-21(6-8-25)3-4-22-15-23(17-24(26)16-22)18-28-10-9-27-19-28/h3-10,15-17,19-20H,11-14,18H2,1-2H3. The van der Waals surface area contributed by atoms with Crippen LogP contribution in [0.4, 0.5) is 5.69 Å². The third-order valence-electron chi connectivity index (χ3n) is 5.82. The van der Waals surface area contributed by atoms with E-state index < -0.39 is 10.0 Å². The first-order chi connectivity index (χ1) is 15.8. The molecule has 1 saturated heterocycles. The first kappa shape index (κ1) is 23.5. The van der Waals surface area contributed by atoms with E-state index in [4.69, 9.17) is 11.6 Å². The van der Waals surface area contributed by atoms with Crippen molar-refractivity contribution in [3.05, 3.63) is 82.9 Å². The van der Waals surface area contributed by atoms with Gasteiger partial charge in [0, 0.05) is 55.8 Å². The average Bonchev–Trinajstić information content (AvgIpc) is 3.31. The summed E-state index contributed by atoms with van der Waals surface area (Å²) in [6.07, 6.45) is 9.63. The molecule has 2 heterocycles. The van der Waals surface area contributed by atoms with Crippen LogP contribution in [0, 0.1) is 0 Å². The lowest BCUT2D eigenvalue weighted by atomic mass is 10.1. The number of piperazine rings is 1. The number of hydrogen-bond acceptors (Lipinski definition) is 4. The maximum absolute atomic E-state index is 12.4. The normalized spacial score (nSPS) is 15.6. The number of rotatable bonds is 7. The second-order valence-electron chi connectivity index (χ2n) is 8.53. The van der Waals surface area contributed by atoms with Crippen LogP contribution in [0.3, 0.4) is 0 Å². The van der Waals surface area contributed by atoms with E-state index in [1.54, 1.807) is 30.7 Å². The molecule has 4 rings (SSSR count). The molecule has 1 aromatic heterocycles. The predicted octanol–water partition coefficient (Wildman–Crippen LogP) is 4.62. The minimum atomic E-state index is -3.18. The van der Waals surface area contributed by atoms with E-state index in [1.807, 2.05) is 22.9 Å². The molecule has 0 saturated carbocycles. The molecule has 0 radical (unpaired) electrons. The van der Waals surface area contributed by atoms with Gasteiger partial charge in [-0.15, -0.1) is 0 Å². The maximum atomic E-state index is 12.4. The maximum Gasteiger partial charge on any atom is 0.216 e. The fraction of sp³-hybridized carbons (Fsp3) is 0.320. The average molecular weight is 485 g/mol. The Morgan fingerprint density at radius 3 is 2.33 bits per heavy atom. The number of halogens is 1. The second-order valence-corrected chi connectivity index (χ2v) is 11.5. The summed E-state index contributed by atoms with van der Waals surface area (Å²) in [5.74, 6) is 0. The fourth-order valence-corrected chi connectivity index (χ4v) is 5.48. The second kappa shape index (κ2) is 10.1. The molecule has 0 aliphatic carbocycles. The summed E-state index contributed by atoms with van der Waals surface area (Å²) in [6, 6.07) is 14.4. The quantitative estimate of drug-likeness (QED) is 0.459. The largest absolute Gasteiger partial charge is 0.369 e. The van der Waals surface area contributed by atoms with Crippen molar-refractivity contribution in [1.29, 1.82) is 0 Å². The summed E-state index contributed by atoms with van der Waals surface area (Å²) in [4.78, 5) is 6.32. The van der Waals surface area contributed by atoms with Gasteiger partial charge in [0.25, 0.3) is 0 Å². The van der Waals surface area contributed by atoms with Gasteiger partial charge in [-0.05, 0) is 60.9 Å². The number of sulfonamides is 1. The van der Waals surface area contributed by atoms with E-state index in [1.165, 1.54) is 0 Å². The summed E-state index contributed by atoms with van der Waals surface area (Å²) in [5, 5.41) is 0.331. The Bertz CT molecular complexity index is 1200. The van der Waals surface area contributed by atoms with Crippen LogP contribution in [0.25, 0.3) is 12.2 Å². The first-order valence-electron chi connectivity index (χ1n) is 11.1. The van der Waals surface area contributed by atoms with E-state index in [0.29, 0.717) is 31.2 Å². The van der Waals surface area contributed by atoms with E-state index in [0.717, 1.165) is 28.9 Å². The Morgan fingerprint density at radius 2 is 1.70 bits per heavy atom. The molecule has 6 nitrogen and oxygen atoms in total. The summed E-state index contributed by atoms with van der Waals surface area (Å²) in [7, 11) is -3.18. The fourth-order valence-electron chi connectivity index (χ4n) is 3.94. The zero-order valence-corrected chi connectivity index (χ0v) is 20.5. The van der Waals surface area contributed by atoms with Crippen LogP contribution >= 0.6 is 11.6 Å². The zero-order valence-electron chi connectivity index (χ0n) is 18.9. The molecular formula is C25H29ClN4O2S. The van der Waals surface area contributed by atoms with Gasteiger partial charge < -0.3 is 9.47 Å². The van der Waals surface area contributed by atoms with Crippen LogP contribution in [-0.4, -0.2) is 53.7 Å². The van der Waals surface area contributed by atoms with Gasteiger partial charge in [-0.2, -0.15) is 4.31 Å². The van der Waals surface area contributed by atoms with E-state index in [2.05, 4.69) is 52.4 Å². The molecule has 3 aromatic rings. The molecule has 174 valence electrons. The number of aromatic nitrogens is 2. The highest BCUT2D eigenvalue weighted by molar-refractivity contribution is 7.89. The highest BCUT2D eigenvalue weighted by atomic mass is 35.5. The van der Waals surface area contributed by atoms with Gasteiger partial charge in [0.1, 0.15) is 0 Å². The van der Waals surface area contributed by atoms with Crippen LogP contribution in [0.2, 0.25) is 5.02 Å². The molecule has 0 atom stereocenters. The molecule has 1 fully saturated rings. The number of anilines is 1. The SMILES string of the molecule is CC(C)S(=O)(=O)N1CCN(c2ccc(C=Cc3cc(Cl)cc(Cn4ccnc4)c3)cc2)CC1.